The minimum absolute atomic E-state index is 0.128. The number of phenols is 1. The molecule has 0 saturated heterocycles. The van der Waals surface area contributed by atoms with Crippen LogP contribution in [0.25, 0.3) is 22.2 Å². The molecule has 7 nitrogen and oxygen atoms in total. The predicted molar refractivity (Wildman–Crippen MR) is 123 cm³/mol. The predicted octanol–water partition coefficient (Wildman–Crippen LogP) is 3.15. The third kappa shape index (κ3) is 2.85. The Kier molecular flexibility index (Phi) is 4.60. The van der Waals surface area contributed by atoms with Gasteiger partial charge >= 0.3 is 5.69 Å². The van der Waals surface area contributed by atoms with Crippen molar-refractivity contribution in [2.75, 3.05) is 6.61 Å². The van der Waals surface area contributed by atoms with Crippen molar-refractivity contribution in [3.63, 3.8) is 0 Å². The fraction of sp³-hybridized carbons (Fsp3) is 0.280. The molecule has 3 heterocycles. The molecule has 0 fully saturated rings. The molecule has 1 N–H and O–H groups in total. The zero-order valence-electron chi connectivity index (χ0n) is 18.5. The highest BCUT2D eigenvalue weighted by Gasteiger charge is 2.34. The van der Waals surface area contributed by atoms with Gasteiger partial charge in [-0.3, -0.25) is 13.9 Å². The van der Waals surface area contributed by atoms with Crippen LogP contribution < -0.4 is 11.2 Å². The summed E-state index contributed by atoms with van der Waals surface area (Å²) in [5.74, 6) is 0.128. The summed E-state index contributed by atoms with van der Waals surface area (Å²) in [6.07, 6.45) is -0.608. The summed E-state index contributed by atoms with van der Waals surface area (Å²) in [7, 11) is 3.17. The Bertz CT molecular complexity index is 1490. The Hall–Kier alpha value is -3.58. The maximum atomic E-state index is 13.4. The lowest BCUT2D eigenvalue weighted by Crippen LogP contribution is -2.37. The molecule has 0 aliphatic carbocycles. The van der Waals surface area contributed by atoms with E-state index in [1.807, 2.05) is 50.2 Å². The number of benzene rings is 2. The summed E-state index contributed by atoms with van der Waals surface area (Å²) < 4.78 is 10.9. The van der Waals surface area contributed by atoms with E-state index in [0.29, 0.717) is 35.3 Å². The van der Waals surface area contributed by atoms with Crippen LogP contribution in [-0.4, -0.2) is 25.4 Å². The van der Waals surface area contributed by atoms with Crippen molar-refractivity contribution in [3.05, 3.63) is 85.7 Å². The van der Waals surface area contributed by atoms with Crippen molar-refractivity contribution < 1.29 is 9.84 Å². The fourth-order valence-electron chi connectivity index (χ4n) is 4.70. The largest absolute Gasteiger partial charge is 0.508 e. The molecule has 2 aromatic carbocycles. The van der Waals surface area contributed by atoms with Gasteiger partial charge in [-0.25, -0.2) is 4.79 Å². The van der Waals surface area contributed by atoms with Gasteiger partial charge in [-0.15, -0.1) is 0 Å². The number of ether oxygens (including phenoxy) is 1. The van der Waals surface area contributed by atoms with Crippen LogP contribution in [-0.2, 0) is 25.4 Å². The molecule has 1 aliphatic rings. The molecule has 0 spiro atoms. The Morgan fingerprint density at radius 3 is 2.34 bits per heavy atom. The molecule has 1 aliphatic heterocycles. The standard InChI is InChI=1S/C25H25N3O4/c1-14-5-8-16(9-6-14)20-19-21(26(3)25(31)27(4)24(19)30)22-23(32-12-11-28(20)22)17-10-7-15(2)13-18(17)29/h5-10,13,23,29H,11-12H2,1-4H3/t23-/m1/s1. The summed E-state index contributed by atoms with van der Waals surface area (Å²) in [6.45, 7) is 4.88. The first-order valence-corrected chi connectivity index (χ1v) is 10.6. The number of hydrogen-bond donors (Lipinski definition) is 1. The van der Waals surface area contributed by atoms with Gasteiger partial charge in [0.1, 0.15) is 11.9 Å². The molecule has 2 aromatic heterocycles. The number of aryl methyl sites for hydroxylation is 3. The Morgan fingerprint density at radius 1 is 0.969 bits per heavy atom. The first-order chi connectivity index (χ1) is 15.3. The van der Waals surface area contributed by atoms with Gasteiger partial charge in [-0.1, -0.05) is 42.0 Å². The van der Waals surface area contributed by atoms with E-state index in [9.17, 15) is 14.7 Å². The molecule has 0 bridgehead atoms. The number of nitrogens with zero attached hydrogens (tertiary/aromatic N) is 3. The highest BCUT2D eigenvalue weighted by Crippen LogP contribution is 2.42. The second kappa shape index (κ2) is 7.24. The Labute approximate surface area is 184 Å². The van der Waals surface area contributed by atoms with Crippen LogP contribution in [0.1, 0.15) is 28.5 Å². The van der Waals surface area contributed by atoms with E-state index < -0.39 is 11.8 Å². The monoisotopic (exact) mass is 431 g/mol. The van der Waals surface area contributed by atoms with Gasteiger partial charge in [0.05, 0.1) is 28.9 Å². The van der Waals surface area contributed by atoms with Crippen molar-refractivity contribution in [1.29, 1.82) is 0 Å². The second-order valence-electron chi connectivity index (χ2n) is 8.49. The molecule has 0 amide bonds. The molecule has 0 radical (unpaired) electrons. The number of fused-ring (bicyclic) bond motifs is 3. The van der Waals surface area contributed by atoms with Crippen LogP contribution in [0.3, 0.4) is 0 Å². The number of aromatic nitrogens is 3. The second-order valence-corrected chi connectivity index (χ2v) is 8.49. The van der Waals surface area contributed by atoms with Crippen LogP contribution in [0.5, 0.6) is 5.75 Å². The molecular formula is C25H25N3O4. The Morgan fingerprint density at radius 2 is 1.66 bits per heavy atom. The molecule has 1 atom stereocenters. The molecular weight excluding hydrogens is 406 g/mol. The van der Waals surface area contributed by atoms with Gasteiger partial charge < -0.3 is 14.4 Å². The molecule has 164 valence electrons. The normalized spacial score (nSPS) is 15.8. The van der Waals surface area contributed by atoms with E-state index in [0.717, 1.165) is 27.0 Å². The maximum absolute atomic E-state index is 13.4. The number of aromatic hydroxyl groups is 1. The lowest BCUT2D eigenvalue weighted by atomic mass is 10.0. The summed E-state index contributed by atoms with van der Waals surface area (Å²) >= 11 is 0. The van der Waals surface area contributed by atoms with Crippen molar-refractivity contribution in [2.45, 2.75) is 26.5 Å². The van der Waals surface area contributed by atoms with Crippen LogP contribution in [0, 0.1) is 13.8 Å². The third-order valence-corrected chi connectivity index (χ3v) is 6.35. The van der Waals surface area contributed by atoms with E-state index in [1.54, 1.807) is 13.1 Å². The minimum Gasteiger partial charge on any atom is -0.508 e. The zero-order chi connectivity index (χ0) is 22.7. The highest BCUT2D eigenvalue weighted by molar-refractivity contribution is 5.96. The molecule has 32 heavy (non-hydrogen) atoms. The van der Waals surface area contributed by atoms with Crippen LogP contribution in [0.4, 0.5) is 0 Å². The zero-order valence-corrected chi connectivity index (χ0v) is 18.5. The average molecular weight is 431 g/mol. The SMILES string of the molecule is Cc1ccc(-c2c3c(=O)n(C)c(=O)n(C)c3c3n2CCO[C@@H]3c2ccc(C)cc2O)cc1. The molecule has 0 unspecified atom stereocenters. The number of hydrogen-bond acceptors (Lipinski definition) is 4. The van der Waals surface area contributed by atoms with Crippen molar-refractivity contribution >= 4 is 10.9 Å². The Balaban J connectivity index is 1.94. The summed E-state index contributed by atoms with van der Waals surface area (Å²) in [5.41, 5.74) is 4.84. The lowest BCUT2D eigenvalue weighted by Gasteiger charge is -2.28. The van der Waals surface area contributed by atoms with Crippen molar-refractivity contribution in [3.8, 4) is 17.0 Å². The minimum atomic E-state index is -0.608. The lowest BCUT2D eigenvalue weighted by molar-refractivity contribution is 0.0464. The van der Waals surface area contributed by atoms with Gasteiger partial charge in [0, 0.05) is 26.2 Å². The highest BCUT2D eigenvalue weighted by atomic mass is 16.5. The van der Waals surface area contributed by atoms with Gasteiger partial charge in [0.2, 0.25) is 0 Å². The summed E-state index contributed by atoms with van der Waals surface area (Å²) in [6, 6.07) is 13.5. The van der Waals surface area contributed by atoms with Crippen molar-refractivity contribution in [1.82, 2.24) is 13.7 Å². The quantitative estimate of drug-likeness (QED) is 0.529. The van der Waals surface area contributed by atoms with E-state index in [1.165, 1.54) is 11.6 Å². The molecule has 7 heteroatoms. The topological polar surface area (TPSA) is 78.4 Å². The molecule has 5 rings (SSSR count). The molecule has 4 aromatic rings. The molecule has 0 saturated carbocycles. The maximum Gasteiger partial charge on any atom is 0.331 e. The van der Waals surface area contributed by atoms with Crippen LogP contribution in [0.15, 0.2) is 52.1 Å². The van der Waals surface area contributed by atoms with E-state index in [-0.39, 0.29) is 11.3 Å². The smallest absolute Gasteiger partial charge is 0.331 e. The van der Waals surface area contributed by atoms with Crippen molar-refractivity contribution in [2.24, 2.45) is 14.1 Å². The summed E-state index contributed by atoms with van der Waals surface area (Å²) in [5, 5.41) is 11.2. The van der Waals surface area contributed by atoms with E-state index >= 15 is 0 Å². The van der Waals surface area contributed by atoms with Gasteiger partial charge in [0.15, 0.2) is 0 Å². The van der Waals surface area contributed by atoms with E-state index in [2.05, 4.69) is 4.57 Å². The average Bonchev–Trinajstić information content (AvgIpc) is 3.12. The fourth-order valence-corrected chi connectivity index (χ4v) is 4.70. The third-order valence-electron chi connectivity index (χ3n) is 6.35. The van der Waals surface area contributed by atoms with Gasteiger partial charge in [-0.05, 0) is 31.0 Å². The first kappa shape index (κ1) is 20.3. The summed E-state index contributed by atoms with van der Waals surface area (Å²) in [4.78, 5) is 26.2. The van der Waals surface area contributed by atoms with Crippen LogP contribution in [0.2, 0.25) is 0 Å². The van der Waals surface area contributed by atoms with Gasteiger partial charge in [0.25, 0.3) is 5.56 Å². The first-order valence-electron chi connectivity index (χ1n) is 10.6. The number of phenolic OH excluding ortho intramolecular Hbond substituents is 1. The van der Waals surface area contributed by atoms with Gasteiger partial charge in [-0.2, -0.15) is 0 Å². The van der Waals surface area contributed by atoms with E-state index in [4.69, 9.17) is 4.74 Å². The number of rotatable bonds is 2. The van der Waals surface area contributed by atoms with Crippen LogP contribution >= 0.6 is 0 Å².